The molecule has 1 aliphatic rings. The molecule has 2 heterocycles. The molecule has 2 aromatic carbocycles. The van der Waals surface area contributed by atoms with E-state index in [-0.39, 0.29) is 11.8 Å². The van der Waals surface area contributed by atoms with Crippen LogP contribution in [0, 0.1) is 5.92 Å². The van der Waals surface area contributed by atoms with Gasteiger partial charge in [0.25, 0.3) is 0 Å². The van der Waals surface area contributed by atoms with E-state index in [4.69, 9.17) is 9.26 Å². The molecule has 1 aliphatic heterocycles. The summed E-state index contributed by atoms with van der Waals surface area (Å²) in [5.41, 5.74) is 1.98. The molecule has 0 bridgehead atoms. The number of ether oxygens (including phenoxy) is 1. The van der Waals surface area contributed by atoms with Gasteiger partial charge in [-0.1, -0.05) is 49.3 Å². The van der Waals surface area contributed by atoms with E-state index in [9.17, 15) is 4.79 Å². The smallest absolute Gasteiger partial charge is 0.232 e. The Bertz CT molecular complexity index is 951. The Morgan fingerprint density at radius 2 is 1.90 bits per heavy atom. The van der Waals surface area contributed by atoms with Gasteiger partial charge in [0.1, 0.15) is 5.75 Å². The van der Waals surface area contributed by atoms with E-state index in [1.807, 2.05) is 59.5 Å². The molecule has 0 spiro atoms. The molecule has 0 N–H and O–H groups in total. The van der Waals surface area contributed by atoms with Gasteiger partial charge >= 0.3 is 0 Å². The monoisotopic (exact) mass is 391 g/mol. The average Bonchev–Trinajstić information content (AvgIpc) is 3.35. The number of hydrogen-bond donors (Lipinski definition) is 0. The SMILES string of the molecule is CC(C)COc1ccc(-c2noc(C3CC(=O)N(Cc4ccccc4)C3)n2)cc1. The van der Waals surface area contributed by atoms with Crippen LogP contribution in [0.25, 0.3) is 11.4 Å². The maximum absolute atomic E-state index is 12.4. The van der Waals surface area contributed by atoms with Gasteiger partial charge in [-0.05, 0) is 35.7 Å². The van der Waals surface area contributed by atoms with Gasteiger partial charge in [0.2, 0.25) is 17.6 Å². The lowest BCUT2D eigenvalue weighted by atomic mass is 10.1. The maximum Gasteiger partial charge on any atom is 0.232 e. The number of aromatic nitrogens is 2. The highest BCUT2D eigenvalue weighted by atomic mass is 16.5. The first-order valence-electron chi connectivity index (χ1n) is 9.97. The molecular formula is C23H25N3O3. The minimum atomic E-state index is -0.0684. The number of likely N-dealkylation sites (tertiary alicyclic amines) is 1. The van der Waals surface area contributed by atoms with E-state index in [1.54, 1.807) is 0 Å². The van der Waals surface area contributed by atoms with Crippen LogP contribution in [0.3, 0.4) is 0 Å². The van der Waals surface area contributed by atoms with E-state index >= 15 is 0 Å². The number of nitrogens with zero attached hydrogens (tertiary/aromatic N) is 3. The number of carbonyl (C=O) groups is 1. The predicted octanol–water partition coefficient (Wildman–Crippen LogP) is 4.29. The van der Waals surface area contributed by atoms with Crippen molar-refractivity contribution < 1.29 is 14.1 Å². The van der Waals surface area contributed by atoms with Gasteiger partial charge in [-0.15, -0.1) is 0 Å². The number of carbonyl (C=O) groups excluding carboxylic acids is 1. The molecule has 150 valence electrons. The third kappa shape index (κ3) is 4.65. The van der Waals surface area contributed by atoms with Crippen molar-refractivity contribution in [3.63, 3.8) is 0 Å². The Labute approximate surface area is 170 Å². The van der Waals surface area contributed by atoms with Crippen molar-refractivity contribution in [3.05, 3.63) is 66.1 Å². The van der Waals surface area contributed by atoms with Crippen molar-refractivity contribution >= 4 is 5.91 Å². The van der Waals surface area contributed by atoms with Crippen LogP contribution in [-0.2, 0) is 11.3 Å². The van der Waals surface area contributed by atoms with Crippen molar-refractivity contribution in [2.24, 2.45) is 5.92 Å². The van der Waals surface area contributed by atoms with Crippen LogP contribution < -0.4 is 4.74 Å². The summed E-state index contributed by atoms with van der Waals surface area (Å²) in [5.74, 6) is 2.40. The molecule has 0 radical (unpaired) electrons. The van der Waals surface area contributed by atoms with Gasteiger partial charge in [0, 0.05) is 25.1 Å². The van der Waals surface area contributed by atoms with Crippen LogP contribution in [0.1, 0.15) is 37.6 Å². The van der Waals surface area contributed by atoms with Gasteiger partial charge < -0.3 is 14.2 Å². The molecule has 0 saturated carbocycles. The molecule has 29 heavy (non-hydrogen) atoms. The molecule has 6 nitrogen and oxygen atoms in total. The maximum atomic E-state index is 12.4. The van der Waals surface area contributed by atoms with Crippen LogP contribution in [-0.4, -0.2) is 34.1 Å². The molecule has 0 aliphatic carbocycles. The van der Waals surface area contributed by atoms with E-state index in [0.717, 1.165) is 16.9 Å². The largest absolute Gasteiger partial charge is 0.493 e. The second kappa shape index (κ2) is 8.47. The van der Waals surface area contributed by atoms with Crippen molar-refractivity contribution in [1.82, 2.24) is 15.0 Å². The topological polar surface area (TPSA) is 68.5 Å². The third-order valence-electron chi connectivity index (χ3n) is 4.92. The summed E-state index contributed by atoms with van der Waals surface area (Å²) in [6, 6.07) is 17.7. The number of amides is 1. The number of rotatable bonds is 7. The zero-order chi connectivity index (χ0) is 20.2. The summed E-state index contributed by atoms with van der Waals surface area (Å²) in [6.07, 6.45) is 0.399. The second-order valence-electron chi connectivity index (χ2n) is 7.85. The summed E-state index contributed by atoms with van der Waals surface area (Å²) in [5, 5.41) is 4.11. The molecule has 1 saturated heterocycles. The Hall–Kier alpha value is -3.15. The fraction of sp³-hybridized carbons (Fsp3) is 0.348. The minimum Gasteiger partial charge on any atom is -0.493 e. The first-order valence-corrected chi connectivity index (χ1v) is 9.97. The first kappa shape index (κ1) is 19.2. The Balaban J connectivity index is 1.40. The van der Waals surface area contributed by atoms with Crippen LogP contribution in [0.15, 0.2) is 59.1 Å². The van der Waals surface area contributed by atoms with E-state index in [2.05, 4.69) is 24.0 Å². The molecule has 1 amide bonds. The zero-order valence-electron chi connectivity index (χ0n) is 16.7. The highest BCUT2D eigenvalue weighted by Crippen LogP contribution is 2.30. The lowest BCUT2D eigenvalue weighted by molar-refractivity contribution is -0.128. The molecule has 3 aromatic rings. The molecule has 1 atom stereocenters. The highest BCUT2D eigenvalue weighted by Gasteiger charge is 2.34. The highest BCUT2D eigenvalue weighted by molar-refractivity contribution is 5.79. The van der Waals surface area contributed by atoms with Crippen LogP contribution in [0.4, 0.5) is 0 Å². The van der Waals surface area contributed by atoms with Gasteiger partial charge in [0.15, 0.2) is 0 Å². The Morgan fingerprint density at radius 3 is 2.62 bits per heavy atom. The van der Waals surface area contributed by atoms with Gasteiger partial charge in [-0.3, -0.25) is 4.79 Å². The summed E-state index contributed by atoms with van der Waals surface area (Å²) in [4.78, 5) is 18.8. The van der Waals surface area contributed by atoms with E-state index < -0.39 is 0 Å². The molecular weight excluding hydrogens is 366 g/mol. The van der Waals surface area contributed by atoms with Gasteiger partial charge in [0.05, 0.1) is 12.5 Å². The summed E-state index contributed by atoms with van der Waals surface area (Å²) < 4.78 is 11.2. The van der Waals surface area contributed by atoms with Crippen molar-refractivity contribution in [3.8, 4) is 17.1 Å². The normalized spacial score (nSPS) is 16.6. The summed E-state index contributed by atoms with van der Waals surface area (Å²) in [6.45, 7) is 6.11. The predicted molar refractivity (Wildman–Crippen MR) is 109 cm³/mol. The number of hydrogen-bond acceptors (Lipinski definition) is 5. The van der Waals surface area contributed by atoms with E-state index in [1.165, 1.54) is 0 Å². The molecule has 4 rings (SSSR count). The molecule has 6 heteroatoms. The van der Waals surface area contributed by atoms with Crippen LogP contribution in [0.5, 0.6) is 5.75 Å². The standard InChI is InChI=1S/C23H25N3O3/c1-16(2)15-28-20-10-8-18(9-11-20)22-24-23(29-25-22)19-12-21(27)26(14-19)13-17-6-4-3-5-7-17/h3-11,16,19H,12-15H2,1-2H3. The molecule has 1 unspecified atom stereocenters. The van der Waals surface area contributed by atoms with Crippen molar-refractivity contribution in [2.45, 2.75) is 32.7 Å². The minimum absolute atomic E-state index is 0.0684. The van der Waals surface area contributed by atoms with Crippen LogP contribution in [0.2, 0.25) is 0 Å². The third-order valence-corrected chi connectivity index (χ3v) is 4.92. The Morgan fingerprint density at radius 1 is 1.14 bits per heavy atom. The van der Waals surface area contributed by atoms with Crippen LogP contribution >= 0.6 is 0 Å². The number of benzene rings is 2. The second-order valence-corrected chi connectivity index (χ2v) is 7.85. The first-order chi connectivity index (χ1) is 14.1. The lowest BCUT2D eigenvalue weighted by Gasteiger charge is -2.15. The van der Waals surface area contributed by atoms with E-state index in [0.29, 0.717) is 43.8 Å². The Kier molecular flexibility index (Phi) is 5.60. The molecule has 1 fully saturated rings. The lowest BCUT2D eigenvalue weighted by Crippen LogP contribution is -2.24. The van der Waals surface area contributed by atoms with Gasteiger partial charge in [-0.25, -0.2) is 0 Å². The summed E-state index contributed by atoms with van der Waals surface area (Å²) in [7, 11) is 0. The van der Waals surface area contributed by atoms with Crippen molar-refractivity contribution in [1.29, 1.82) is 0 Å². The van der Waals surface area contributed by atoms with Crippen molar-refractivity contribution in [2.75, 3.05) is 13.2 Å². The fourth-order valence-electron chi connectivity index (χ4n) is 3.38. The zero-order valence-corrected chi connectivity index (χ0v) is 16.7. The summed E-state index contributed by atoms with van der Waals surface area (Å²) >= 11 is 0. The average molecular weight is 391 g/mol. The van der Waals surface area contributed by atoms with Gasteiger partial charge in [-0.2, -0.15) is 4.98 Å². The quantitative estimate of drug-likeness (QED) is 0.601. The fourth-order valence-corrected chi connectivity index (χ4v) is 3.38. The molecule has 1 aromatic heterocycles.